The lowest BCUT2D eigenvalue weighted by Gasteiger charge is -2.29. The van der Waals surface area contributed by atoms with E-state index in [1.54, 1.807) is 23.5 Å². The van der Waals surface area contributed by atoms with E-state index in [1.807, 2.05) is 11.1 Å². The third kappa shape index (κ3) is 5.38. The number of carbonyl (C=O) groups excluding carboxylic acids is 1. The minimum absolute atomic E-state index is 0.0292. The van der Waals surface area contributed by atoms with Gasteiger partial charge in [-0.05, 0) is 49.9 Å². The zero-order valence-electron chi connectivity index (χ0n) is 18.8. The van der Waals surface area contributed by atoms with Crippen molar-refractivity contribution in [1.82, 2.24) is 19.6 Å². The summed E-state index contributed by atoms with van der Waals surface area (Å²) in [5.41, 5.74) is 2.85. The molecule has 2 amide bonds. The number of imidazole rings is 1. The summed E-state index contributed by atoms with van der Waals surface area (Å²) in [6, 6.07) is 6.73. The lowest BCUT2D eigenvalue weighted by Crippen LogP contribution is -2.48. The summed E-state index contributed by atoms with van der Waals surface area (Å²) >= 11 is 1.59. The third-order valence-corrected chi connectivity index (χ3v) is 7.62. The summed E-state index contributed by atoms with van der Waals surface area (Å²) in [4.78, 5) is 20.7. The van der Waals surface area contributed by atoms with Gasteiger partial charge in [0.15, 0.2) is 4.96 Å². The highest BCUT2D eigenvalue weighted by Gasteiger charge is 2.25. The zero-order chi connectivity index (χ0) is 22.6. The predicted molar refractivity (Wildman–Crippen MR) is 128 cm³/mol. The predicted octanol–water partition coefficient (Wildman–Crippen LogP) is 5.27. The largest absolute Gasteiger partial charge is 0.376 e. The summed E-state index contributed by atoms with van der Waals surface area (Å²) in [6.45, 7) is 2.06. The zero-order valence-corrected chi connectivity index (χ0v) is 19.7. The minimum Gasteiger partial charge on any atom is -0.376 e. The van der Waals surface area contributed by atoms with Gasteiger partial charge < -0.3 is 15.0 Å². The number of aromatic nitrogens is 2. The number of halogens is 1. The number of rotatable bonds is 7. The van der Waals surface area contributed by atoms with Crippen molar-refractivity contribution in [2.75, 3.05) is 19.7 Å². The van der Waals surface area contributed by atoms with Crippen molar-refractivity contribution in [1.29, 1.82) is 0 Å². The Bertz CT molecular complexity index is 1070. The van der Waals surface area contributed by atoms with E-state index in [4.69, 9.17) is 9.72 Å². The van der Waals surface area contributed by atoms with Crippen LogP contribution in [0.15, 0.2) is 35.8 Å². The quantitative estimate of drug-likeness (QED) is 0.512. The molecule has 1 saturated heterocycles. The molecule has 5 rings (SSSR count). The summed E-state index contributed by atoms with van der Waals surface area (Å²) < 4.78 is 21.2. The molecule has 1 unspecified atom stereocenters. The van der Waals surface area contributed by atoms with Gasteiger partial charge in [-0.2, -0.15) is 0 Å². The third-order valence-electron chi connectivity index (χ3n) is 6.73. The van der Waals surface area contributed by atoms with Gasteiger partial charge in [-0.1, -0.05) is 19.3 Å². The second kappa shape index (κ2) is 10.2. The molecular formula is C25H31FN4O2S. The molecule has 2 fully saturated rings. The van der Waals surface area contributed by atoms with E-state index in [9.17, 15) is 9.18 Å². The topological polar surface area (TPSA) is 58.9 Å². The number of hydrogen-bond acceptors (Lipinski definition) is 4. The van der Waals surface area contributed by atoms with Crippen LogP contribution in [0, 0.1) is 5.82 Å². The SMILES string of the molecule is O=C(NC1CCCCC1)N(CCc1csc2nc(-c3ccc(F)cc3)cn12)CC1CCCO1. The van der Waals surface area contributed by atoms with E-state index in [0.29, 0.717) is 13.1 Å². The molecule has 3 heterocycles. The molecule has 0 radical (unpaired) electrons. The number of carbonyl (C=O) groups is 1. The van der Waals surface area contributed by atoms with Crippen molar-refractivity contribution in [2.24, 2.45) is 0 Å². The van der Waals surface area contributed by atoms with Crippen LogP contribution in [0.5, 0.6) is 0 Å². The number of urea groups is 1. The van der Waals surface area contributed by atoms with Crippen molar-refractivity contribution in [2.45, 2.75) is 63.5 Å². The normalized spacial score (nSPS) is 19.2. The highest BCUT2D eigenvalue weighted by Crippen LogP contribution is 2.25. The number of amides is 2. The highest BCUT2D eigenvalue weighted by molar-refractivity contribution is 7.15. The number of nitrogens with zero attached hydrogens (tertiary/aromatic N) is 3. The van der Waals surface area contributed by atoms with Gasteiger partial charge in [-0.25, -0.2) is 14.2 Å². The number of benzene rings is 1. The van der Waals surface area contributed by atoms with Gasteiger partial charge in [0.05, 0.1) is 11.8 Å². The molecule has 176 valence electrons. The van der Waals surface area contributed by atoms with Crippen LogP contribution in [0.25, 0.3) is 16.2 Å². The van der Waals surface area contributed by atoms with Crippen LogP contribution < -0.4 is 5.32 Å². The molecule has 1 aliphatic heterocycles. The fraction of sp³-hybridized carbons (Fsp3) is 0.520. The smallest absolute Gasteiger partial charge is 0.317 e. The van der Waals surface area contributed by atoms with Crippen molar-refractivity contribution in [3.05, 3.63) is 47.4 Å². The molecule has 1 N–H and O–H groups in total. The highest BCUT2D eigenvalue weighted by atomic mass is 32.1. The van der Waals surface area contributed by atoms with Crippen LogP contribution in [0.3, 0.4) is 0 Å². The van der Waals surface area contributed by atoms with Gasteiger partial charge in [0.1, 0.15) is 5.82 Å². The van der Waals surface area contributed by atoms with E-state index in [1.165, 1.54) is 31.4 Å². The molecular weight excluding hydrogens is 439 g/mol. The first-order valence-electron chi connectivity index (χ1n) is 12.0. The van der Waals surface area contributed by atoms with Gasteiger partial charge in [0.25, 0.3) is 0 Å². The maximum absolute atomic E-state index is 13.3. The Morgan fingerprint density at radius 2 is 2.00 bits per heavy atom. The first-order chi connectivity index (χ1) is 16.2. The van der Waals surface area contributed by atoms with Gasteiger partial charge in [0, 0.05) is 55.0 Å². The van der Waals surface area contributed by atoms with Gasteiger partial charge in [0.2, 0.25) is 0 Å². The Morgan fingerprint density at radius 1 is 1.18 bits per heavy atom. The van der Waals surface area contributed by atoms with Crippen molar-refractivity contribution >= 4 is 22.3 Å². The van der Waals surface area contributed by atoms with Gasteiger partial charge in [-0.15, -0.1) is 11.3 Å². The second-order valence-corrected chi connectivity index (χ2v) is 9.96. The average Bonchev–Trinajstić information content (AvgIpc) is 3.56. The Morgan fingerprint density at radius 3 is 2.76 bits per heavy atom. The van der Waals surface area contributed by atoms with Crippen LogP contribution in [-0.4, -0.2) is 52.2 Å². The van der Waals surface area contributed by atoms with E-state index >= 15 is 0 Å². The molecule has 2 aliphatic rings. The first-order valence-corrected chi connectivity index (χ1v) is 12.9. The molecule has 0 spiro atoms. The lowest BCUT2D eigenvalue weighted by molar-refractivity contribution is 0.0806. The summed E-state index contributed by atoms with van der Waals surface area (Å²) in [6.07, 6.45) is 10.8. The fourth-order valence-electron chi connectivity index (χ4n) is 4.84. The van der Waals surface area contributed by atoms with Gasteiger partial charge >= 0.3 is 6.03 Å². The Labute approximate surface area is 197 Å². The van der Waals surface area contributed by atoms with Crippen molar-refractivity contribution in [3.63, 3.8) is 0 Å². The molecule has 1 aromatic carbocycles. The minimum atomic E-state index is -0.252. The van der Waals surface area contributed by atoms with Crippen LogP contribution in [-0.2, 0) is 11.2 Å². The molecule has 3 aromatic rings. The maximum Gasteiger partial charge on any atom is 0.317 e. The molecule has 8 heteroatoms. The second-order valence-electron chi connectivity index (χ2n) is 9.13. The fourth-order valence-corrected chi connectivity index (χ4v) is 5.75. The molecule has 1 aliphatic carbocycles. The average molecular weight is 471 g/mol. The van der Waals surface area contributed by atoms with E-state index < -0.39 is 0 Å². The van der Waals surface area contributed by atoms with Crippen LogP contribution >= 0.6 is 11.3 Å². The summed E-state index contributed by atoms with van der Waals surface area (Å²) in [5, 5.41) is 5.39. The number of fused-ring (bicyclic) bond motifs is 1. The molecule has 33 heavy (non-hydrogen) atoms. The van der Waals surface area contributed by atoms with Crippen LogP contribution in [0.2, 0.25) is 0 Å². The maximum atomic E-state index is 13.3. The monoisotopic (exact) mass is 470 g/mol. The van der Waals surface area contributed by atoms with E-state index in [0.717, 1.165) is 60.6 Å². The standard InChI is InChI=1S/C25H31FN4O2S/c26-19-10-8-18(9-11-19)23-16-30-21(17-33-25(30)28-23)12-13-29(15-22-7-4-14-32-22)24(31)27-20-5-2-1-3-6-20/h8-11,16-17,20,22H,1-7,12-15H2,(H,27,31). The molecule has 2 aromatic heterocycles. The Kier molecular flexibility index (Phi) is 6.92. The Hall–Kier alpha value is -2.45. The van der Waals surface area contributed by atoms with Gasteiger partial charge in [-0.3, -0.25) is 4.40 Å². The number of thiazole rings is 1. The van der Waals surface area contributed by atoms with E-state index in [-0.39, 0.29) is 24.0 Å². The summed E-state index contributed by atoms with van der Waals surface area (Å²) in [5.74, 6) is -0.252. The van der Waals surface area contributed by atoms with Crippen LogP contribution in [0.1, 0.15) is 50.6 Å². The molecule has 1 atom stereocenters. The van der Waals surface area contributed by atoms with Crippen LogP contribution in [0.4, 0.5) is 9.18 Å². The molecule has 6 nitrogen and oxygen atoms in total. The van der Waals surface area contributed by atoms with Crippen molar-refractivity contribution in [3.8, 4) is 11.3 Å². The van der Waals surface area contributed by atoms with E-state index in [2.05, 4.69) is 15.1 Å². The summed E-state index contributed by atoms with van der Waals surface area (Å²) in [7, 11) is 0. The first kappa shape index (κ1) is 22.3. The Balaban J connectivity index is 1.28. The number of ether oxygens (including phenoxy) is 1. The molecule has 1 saturated carbocycles. The van der Waals surface area contributed by atoms with Crippen molar-refractivity contribution < 1.29 is 13.9 Å². The number of nitrogens with one attached hydrogen (secondary N) is 1. The lowest BCUT2D eigenvalue weighted by atomic mass is 9.96. The molecule has 0 bridgehead atoms. The number of hydrogen-bond donors (Lipinski definition) is 1.